The van der Waals surface area contributed by atoms with E-state index in [0.29, 0.717) is 10.9 Å². The number of para-hydroxylation sites is 4. The minimum atomic E-state index is -5.45. The Balaban J connectivity index is 1.43. The van der Waals surface area contributed by atoms with Gasteiger partial charge < -0.3 is 0 Å². The van der Waals surface area contributed by atoms with Gasteiger partial charge in [0.05, 0.1) is 61.8 Å². The van der Waals surface area contributed by atoms with Crippen molar-refractivity contribution in [3.63, 3.8) is 0 Å². The van der Waals surface area contributed by atoms with E-state index in [2.05, 4.69) is 9.98 Å². The SMILES string of the molecule is [2H]c1cc([Si](c2ccccc2)(c2c([2H])c([2H])c([2H])c([2H])c2[2H])c2c([2H])c([2H])c([2H])c(C(=N)N=C(/N=C/n3c4c([2H])c([2H])c([2H])c([2H])c4c4c([2H])c([2H])c([2H])c([2H])c43)n3c4c([2H])c([2H])c([2H])c([2H])c4c4c([2H])c([2H])c([2H])c([2H])c43)c2[2H])c([2H])c([2H])c1[2H]. The van der Waals surface area contributed by atoms with E-state index in [1.807, 2.05) is 0 Å². The normalized spacial score (nSPS) is 20.3. The maximum Gasteiger partial charge on any atom is 0.238 e. The van der Waals surface area contributed by atoms with Crippen molar-refractivity contribution in [3.05, 3.63) is 217 Å². The highest BCUT2D eigenvalue weighted by atomic mass is 28.3. The van der Waals surface area contributed by atoms with E-state index in [1.54, 1.807) is 0 Å². The highest BCUT2D eigenvalue weighted by Crippen LogP contribution is 2.30. The number of hydrogen-bond acceptors (Lipinski definition) is 1. The summed E-state index contributed by atoms with van der Waals surface area (Å²) in [5.74, 6) is -2.46. The summed E-state index contributed by atoms with van der Waals surface area (Å²) in [5.41, 5.74) is -3.54. The molecule has 0 radical (unpaired) electrons. The molecule has 0 bridgehead atoms. The maximum atomic E-state index is 10.2. The van der Waals surface area contributed by atoms with E-state index < -0.39 is 260 Å². The smallest absolute Gasteiger partial charge is 0.238 e. The molecule has 0 saturated carbocycles. The van der Waals surface area contributed by atoms with Crippen molar-refractivity contribution in [2.45, 2.75) is 0 Å². The Labute approximate surface area is 372 Å². The number of rotatable bonds is 6. The Morgan fingerprint density at radius 1 is 0.491 bits per heavy atom. The fourth-order valence-corrected chi connectivity index (χ4v) is 10.7. The number of benzene rings is 8. The zero-order valence-electron chi connectivity index (χ0n) is 57.8. The molecule has 0 spiro atoms. The maximum absolute atomic E-state index is 10.2. The molecular weight excluding hydrogens is 711 g/mol. The molecule has 6 heteroatoms. The fraction of sp³-hybridized carbons (Fsp3) is 0. The summed E-state index contributed by atoms with van der Waals surface area (Å²) < 4.78 is 263. The van der Waals surface area contributed by atoms with Crippen LogP contribution < -0.4 is 20.7 Å². The highest BCUT2D eigenvalue weighted by Gasteiger charge is 2.41. The van der Waals surface area contributed by atoms with Crippen molar-refractivity contribution in [1.29, 1.82) is 5.41 Å². The monoisotopic (exact) mass is 776 g/mol. The lowest BCUT2D eigenvalue weighted by atomic mass is 10.2. The lowest BCUT2D eigenvalue weighted by Gasteiger charge is -2.34. The predicted molar refractivity (Wildman–Crippen MR) is 242 cm³/mol. The molecule has 0 aliphatic heterocycles. The molecule has 0 saturated heterocycles. The lowest BCUT2D eigenvalue weighted by molar-refractivity contribution is 1.21. The van der Waals surface area contributed by atoms with Crippen LogP contribution in [0.15, 0.2) is 222 Å². The first-order chi connectivity index (χ1) is 40.2. The van der Waals surface area contributed by atoms with Crippen molar-refractivity contribution in [3.8, 4) is 0 Å². The fourth-order valence-electron chi connectivity index (χ4n) is 6.68. The van der Waals surface area contributed by atoms with Crippen LogP contribution in [0.5, 0.6) is 0 Å². The summed E-state index contributed by atoms with van der Waals surface area (Å²) in [4.78, 5) is 8.88. The van der Waals surface area contributed by atoms with Crippen LogP contribution in [0.2, 0.25) is 0 Å². The molecule has 0 amide bonds. The zero-order valence-corrected chi connectivity index (χ0v) is 29.8. The van der Waals surface area contributed by atoms with Crippen molar-refractivity contribution in [2.75, 3.05) is 0 Å². The highest BCUT2D eigenvalue weighted by molar-refractivity contribution is 7.19. The zero-order chi connectivity index (χ0) is 63.4. The average molecular weight is 777 g/mol. The number of fused-ring (bicyclic) bond motifs is 6. The topological polar surface area (TPSA) is 58.4 Å². The van der Waals surface area contributed by atoms with Crippen LogP contribution in [-0.4, -0.2) is 35.3 Å². The van der Waals surface area contributed by atoms with Crippen LogP contribution in [0.1, 0.15) is 45.3 Å². The van der Waals surface area contributed by atoms with Gasteiger partial charge in [0.25, 0.3) is 0 Å². The van der Waals surface area contributed by atoms with Gasteiger partial charge in [0.15, 0.2) is 13.9 Å². The van der Waals surface area contributed by atoms with Crippen molar-refractivity contribution in [1.82, 2.24) is 9.13 Å². The van der Waals surface area contributed by atoms with Gasteiger partial charge >= 0.3 is 0 Å². The van der Waals surface area contributed by atoms with E-state index >= 15 is 0 Å². The molecule has 0 fully saturated rings. The van der Waals surface area contributed by atoms with Gasteiger partial charge in [-0.2, -0.15) is 4.99 Å². The Kier molecular flexibility index (Phi) is 3.84. The van der Waals surface area contributed by atoms with E-state index in [0.717, 1.165) is 10.6 Å². The molecule has 57 heavy (non-hydrogen) atoms. The molecule has 1 N–H and O–H groups in total. The summed E-state index contributed by atoms with van der Waals surface area (Å²) in [6.07, 6.45) is 0.665. The third-order valence-corrected chi connectivity index (χ3v) is 13.3. The van der Waals surface area contributed by atoms with Gasteiger partial charge in [-0.25, -0.2) is 4.99 Å². The summed E-state index contributed by atoms with van der Waals surface area (Å²) in [6.45, 7) is 0. The first-order valence-electron chi connectivity index (χ1n) is 31.3. The van der Waals surface area contributed by atoms with Crippen LogP contribution >= 0.6 is 0 Å². The third-order valence-electron chi connectivity index (χ3n) is 9.07. The molecule has 5 nitrogen and oxygen atoms in total. The minimum absolute atomic E-state index is 0.107. The van der Waals surface area contributed by atoms with Gasteiger partial charge in [-0.15, -0.1) is 0 Å². The Bertz CT molecular complexity index is 4660. The lowest BCUT2D eigenvalue weighted by Crippen LogP contribution is -2.74. The van der Waals surface area contributed by atoms with Crippen LogP contribution in [0.4, 0.5) is 0 Å². The quantitative estimate of drug-likeness (QED) is 0.0759. The molecule has 1 unspecified atom stereocenters. The van der Waals surface area contributed by atoms with Crippen molar-refractivity contribution < 1.29 is 39.8 Å². The summed E-state index contributed by atoms with van der Waals surface area (Å²) >= 11 is 0. The van der Waals surface area contributed by atoms with Gasteiger partial charge in [0, 0.05) is 27.1 Å². The molecule has 10 rings (SSSR count). The number of amidine groups is 1. The minimum Gasteiger partial charge on any atom is -0.300 e. The Morgan fingerprint density at radius 3 is 1.63 bits per heavy atom. The predicted octanol–water partition coefficient (Wildman–Crippen LogP) is 9.09. The molecular formula is C51H37N5Si. The van der Waals surface area contributed by atoms with Gasteiger partial charge in [-0.3, -0.25) is 14.5 Å². The van der Waals surface area contributed by atoms with Crippen LogP contribution in [0, 0.1) is 5.41 Å². The molecule has 1 atom stereocenters. The molecule has 2 aromatic heterocycles. The second-order valence-corrected chi connectivity index (χ2v) is 15.7. The number of hydrogen-bond donors (Lipinski definition) is 1. The second-order valence-electron chi connectivity index (χ2n) is 12.0. The Morgan fingerprint density at radius 2 is 1.00 bits per heavy atom. The van der Waals surface area contributed by atoms with E-state index in [-0.39, 0.29) is 5.19 Å². The van der Waals surface area contributed by atoms with E-state index in [1.165, 1.54) is 30.3 Å². The van der Waals surface area contributed by atoms with Gasteiger partial charge in [-0.1, -0.05) is 187 Å². The van der Waals surface area contributed by atoms with Crippen molar-refractivity contribution >= 4 is 90.6 Å². The van der Waals surface area contributed by atoms with Crippen LogP contribution in [0.25, 0.3) is 43.6 Å². The molecule has 0 aliphatic carbocycles. The Hall–Kier alpha value is -7.41. The first-order valence-corrected chi connectivity index (χ1v) is 18.8. The van der Waals surface area contributed by atoms with Gasteiger partial charge in [0.2, 0.25) is 5.96 Å². The number of nitrogens with one attached hydrogen (secondary N) is 1. The molecule has 2 heterocycles. The number of nitrogens with zero attached hydrogens (tertiary/aromatic N) is 4. The van der Waals surface area contributed by atoms with E-state index in [4.69, 9.17) is 27.4 Å². The third kappa shape index (κ3) is 5.74. The van der Waals surface area contributed by atoms with Crippen LogP contribution in [0.3, 0.4) is 0 Å². The molecule has 0 aliphatic rings. The standard InChI is InChI=1S/C51H37N5Si/c52-50(37-19-18-26-41(35-37)57(38-20-4-1-5-21-38,39-22-6-2-7-23-39)40-24-8-3-9-25-40)54-51(56-48-33-16-12-29-44(48)45-30-13-17-34-49(45)56)53-36-55-46-31-14-10-27-42(46)43-28-11-15-32-47(43)55/h1-36,52H/b52-50?,53-36+,54-51?/i1D,2D,4D,5D,6D,7D,10D,11D,12D,13D,14D,15D,16D,17D,18D,19D,20D,21D,22D,26D,27D,28D,29D,30D,31D,32D,33D,34D,35D. The van der Waals surface area contributed by atoms with Gasteiger partial charge in [0.1, 0.15) is 6.34 Å². The average Bonchev–Trinajstić information content (AvgIpc) is 2.95. The summed E-state index contributed by atoms with van der Waals surface area (Å²) in [6, 6.07) is -18.6. The largest absolute Gasteiger partial charge is 0.300 e. The first kappa shape index (κ1) is 15.3. The van der Waals surface area contributed by atoms with Gasteiger partial charge in [-0.05, 0) is 44.9 Å². The van der Waals surface area contributed by atoms with E-state index in [9.17, 15) is 17.7 Å². The van der Waals surface area contributed by atoms with Crippen molar-refractivity contribution in [2.24, 2.45) is 9.98 Å². The molecule has 10 aromatic rings. The second kappa shape index (κ2) is 14.3. The number of aromatic nitrogens is 2. The summed E-state index contributed by atoms with van der Waals surface area (Å²) in [7, 11) is -5.45. The number of aliphatic imine (C=N–C) groups is 2. The molecule has 270 valence electrons. The van der Waals surface area contributed by atoms with Crippen LogP contribution in [-0.2, 0) is 0 Å². The molecule has 8 aromatic carbocycles. The summed E-state index contributed by atoms with van der Waals surface area (Å²) in [5, 5.41) is 5.75.